The molecule has 0 aromatic carbocycles. The number of pyridine rings is 1. The molecule has 5 rings (SSSR count). The third kappa shape index (κ3) is 2.78. The van der Waals surface area contributed by atoms with Crippen LogP contribution in [-0.4, -0.2) is 32.0 Å². The number of fused-ring (bicyclic) bond motifs is 2. The van der Waals surface area contributed by atoms with E-state index in [9.17, 15) is 4.79 Å². The minimum Gasteiger partial charge on any atom is -0.317 e. The van der Waals surface area contributed by atoms with Gasteiger partial charge in [0.2, 0.25) is 0 Å². The minimum absolute atomic E-state index is 0.0828. The van der Waals surface area contributed by atoms with E-state index in [1.54, 1.807) is 6.33 Å². The Hall–Kier alpha value is -2.51. The van der Waals surface area contributed by atoms with E-state index >= 15 is 0 Å². The topological polar surface area (TPSA) is 64.2 Å². The van der Waals surface area contributed by atoms with Crippen LogP contribution in [0, 0.1) is 13.8 Å². The summed E-state index contributed by atoms with van der Waals surface area (Å²) < 4.78 is 4.63. The average molecular weight is 379 g/mol. The zero-order valence-electron chi connectivity index (χ0n) is 15.4. The Morgan fingerprint density at radius 2 is 2.00 bits per heavy atom. The van der Waals surface area contributed by atoms with E-state index in [0.29, 0.717) is 0 Å². The van der Waals surface area contributed by atoms with Crippen LogP contribution in [0.1, 0.15) is 30.1 Å². The summed E-state index contributed by atoms with van der Waals surface area (Å²) >= 11 is 1.53. The quantitative estimate of drug-likeness (QED) is 0.580. The number of piperidine rings is 1. The van der Waals surface area contributed by atoms with E-state index < -0.39 is 0 Å². The van der Waals surface area contributed by atoms with E-state index in [1.807, 2.05) is 23.8 Å². The molecule has 0 spiro atoms. The molecule has 1 aliphatic rings. The van der Waals surface area contributed by atoms with Crippen LogP contribution >= 0.6 is 11.3 Å². The standard InChI is InChI=1S/C20H21N5OS/c1-12-7-14(10-24-9-13(2)23-19(12)24)17-8-16-18(27-17)20(26)25(11-22-16)15-3-5-21-6-4-15/h7-11,15,21H,3-6H2,1-2H3. The van der Waals surface area contributed by atoms with Gasteiger partial charge in [-0.15, -0.1) is 11.3 Å². The van der Waals surface area contributed by atoms with Crippen molar-refractivity contribution in [2.24, 2.45) is 0 Å². The Bertz CT molecular complexity index is 1210. The monoisotopic (exact) mass is 379 g/mol. The number of aryl methyl sites for hydroxylation is 2. The summed E-state index contributed by atoms with van der Waals surface area (Å²) in [5.41, 5.74) is 5.05. The smallest absolute Gasteiger partial charge is 0.271 e. The number of thiophene rings is 1. The Labute approximate surface area is 160 Å². The number of hydrogen-bond donors (Lipinski definition) is 1. The summed E-state index contributed by atoms with van der Waals surface area (Å²) in [5.74, 6) is 0. The fraction of sp³-hybridized carbons (Fsp3) is 0.350. The number of rotatable bonds is 2. The number of nitrogens with zero attached hydrogens (tertiary/aromatic N) is 4. The van der Waals surface area contributed by atoms with Crippen molar-refractivity contribution in [3.05, 3.63) is 52.5 Å². The largest absolute Gasteiger partial charge is 0.317 e. The second-order valence-corrected chi connectivity index (χ2v) is 8.34. The van der Waals surface area contributed by atoms with Gasteiger partial charge in [-0.25, -0.2) is 9.97 Å². The first-order valence-corrected chi connectivity index (χ1v) is 10.1. The highest BCUT2D eigenvalue weighted by Crippen LogP contribution is 2.32. The SMILES string of the molecule is Cc1cn2cc(-c3cc4ncn(C5CCNCC5)c(=O)c4s3)cc(C)c2n1. The molecule has 1 N–H and O–H groups in total. The van der Waals surface area contributed by atoms with Gasteiger partial charge < -0.3 is 9.72 Å². The molecule has 5 heterocycles. The van der Waals surface area contributed by atoms with Gasteiger partial charge in [-0.2, -0.15) is 0 Å². The van der Waals surface area contributed by atoms with Gasteiger partial charge in [-0.05, 0) is 57.5 Å². The molecule has 0 atom stereocenters. The number of imidazole rings is 1. The maximum atomic E-state index is 13.1. The lowest BCUT2D eigenvalue weighted by molar-refractivity contribution is 0.359. The lowest BCUT2D eigenvalue weighted by Gasteiger charge is -2.24. The highest BCUT2D eigenvalue weighted by molar-refractivity contribution is 7.22. The van der Waals surface area contributed by atoms with E-state index in [-0.39, 0.29) is 11.6 Å². The van der Waals surface area contributed by atoms with Crippen molar-refractivity contribution in [1.82, 2.24) is 24.3 Å². The highest BCUT2D eigenvalue weighted by atomic mass is 32.1. The molecule has 0 aliphatic carbocycles. The van der Waals surface area contributed by atoms with Gasteiger partial charge in [0, 0.05) is 28.9 Å². The fourth-order valence-electron chi connectivity index (χ4n) is 3.94. The van der Waals surface area contributed by atoms with Crippen LogP contribution in [0.3, 0.4) is 0 Å². The van der Waals surface area contributed by atoms with Crippen LogP contribution in [-0.2, 0) is 0 Å². The molecule has 1 fully saturated rings. The van der Waals surface area contributed by atoms with E-state index in [1.165, 1.54) is 11.3 Å². The van der Waals surface area contributed by atoms with Crippen molar-refractivity contribution in [2.45, 2.75) is 32.7 Å². The Morgan fingerprint density at radius 3 is 2.81 bits per heavy atom. The van der Waals surface area contributed by atoms with Gasteiger partial charge in [0.1, 0.15) is 10.3 Å². The molecule has 0 unspecified atom stereocenters. The molecule has 0 bridgehead atoms. The van der Waals surface area contributed by atoms with Crippen molar-refractivity contribution in [3.63, 3.8) is 0 Å². The molecule has 7 heteroatoms. The summed E-state index contributed by atoms with van der Waals surface area (Å²) in [7, 11) is 0. The van der Waals surface area contributed by atoms with E-state index in [4.69, 9.17) is 0 Å². The van der Waals surface area contributed by atoms with Gasteiger partial charge in [0.25, 0.3) is 5.56 Å². The van der Waals surface area contributed by atoms with E-state index in [2.05, 4.69) is 38.9 Å². The predicted octanol–water partition coefficient (Wildman–Crippen LogP) is 3.31. The predicted molar refractivity (Wildman–Crippen MR) is 109 cm³/mol. The highest BCUT2D eigenvalue weighted by Gasteiger charge is 2.19. The Morgan fingerprint density at radius 1 is 1.19 bits per heavy atom. The molecule has 4 aromatic heterocycles. The lowest BCUT2D eigenvalue weighted by atomic mass is 10.1. The molecule has 0 saturated carbocycles. The van der Waals surface area contributed by atoms with Gasteiger partial charge in [-0.3, -0.25) is 9.36 Å². The number of hydrogen-bond acceptors (Lipinski definition) is 5. The maximum Gasteiger partial charge on any atom is 0.271 e. The molecular formula is C20H21N5OS. The molecule has 4 aromatic rings. The van der Waals surface area contributed by atoms with Crippen molar-refractivity contribution < 1.29 is 0 Å². The van der Waals surface area contributed by atoms with Crippen LogP contribution in [0.4, 0.5) is 0 Å². The zero-order chi connectivity index (χ0) is 18.5. The number of nitrogens with one attached hydrogen (secondary N) is 1. The molecule has 1 saturated heterocycles. The Balaban J connectivity index is 1.62. The summed E-state index contributed by atoms with van der Waals surface area (Å²) in [4.78, 5) is 23.3. The first-order chi connectivity index (χ1) is 13.1. The van der Waals surface area contributed by atoms with Gasteiger partial charge in [0.15, 0.2) is 0 Å². The first-order valence-electron chi connectivity index (χ1n) is 9.28. The van der Waals surface area contributed by atoms with Gasteiger partial charge in [-0.1, -0.05) is 0 Å². The van der Waals surface area contributed by atoms with Gasteiger partial charge >= 0.3 is 0 Å². The van der Waals surface area contributed by atoms with Crippen molar-refractivity contribution >= 4 is 27.2 Å². The van der Waals surface area contributed by atoms with Crippen LogP contribution < -0.4 is 10.9 Å². The molecule has 138 valence electrons. The summed E-state index contributed by atoms with van der Waals surface area (Å²) in [6, 6.07) is 4.41. The van der Waals surface area contributed by atoms with Crippen molar-refractivity contribution in [1.29, 1.82) is 0 Å². The zero-order valence-corrected chi connectivity index (χ0v) is 16.2. The summed E-state index contributed by atoms with van der Waals surface area (Å²) in [6.07, 6.45) is 7.78. The fourth-order valence-corrected chi connectivity index (χ4v) is 4.97. The lowest BCUT2D eigenvalue weighted by Crippen LogP contribution is -2.34. The van der Waals surface area contributed by atoms with Crippen molar-refractivity contribution in [2.75, 3.05) is 13.1 Å². The molecule has 0 radical (unpaired) electrons. The van der Waals surface area contributed by atoms with Crippen LogP contribution in [0.5, 0.6) is 0 Å². The summed E-state index contributed by atoms with van der Waals surface area (Å²) in [5, 5.41) is 3.35. The molecule has 6 nitrogen and oxygen atoms in total. The van der Waals surface area contributed by atoms with Crippen LogP contribution in [0.15, 0.2) is 35.6 Å². The normalized spacial score (nSPS) is 15.8. The molecule has 1 aliphatic heterocycles. The van der Waals surface area contributed by atoms with Gasteiger partial charge in [0.05, 0.1) is 17.5 Å². The third-order valence-electron chi connectivity index (χ3n) is 5.30. The molecule has 27 heavy (non-hydrogen) atoms. The van der Waals surface area contributed by atoms with Crippen molar-refractivity contribution in [3.8, 4) is 10.4 Å². The Kier molecular flexibility index (Phi) is 3.87. The van der Waals surface area contributed by atoms with E-state index in [0.717, 1.165) is 63.5 Å². The molecular weight excluding hydrogens is 358 g/mol. The average Bonchev–Trinajstić information content (AvgIpc) is 3.26. The summed E-state index contributed by atoms with van der Waals surface area (Å²) in [6.45, 7) is 5.97. The third-order valence-corrected chi connectivity index (χ3v) is 6.47. The first kappa shape index (κ1) is 16.6. The second kappa shape index (κ2) is 6.28. The second-order valence-electron chi connectivity index (χ2n) is 7.29. The molecule has 0 amide bonds. The minimum atomic E-state index is 0.0828. The van der Waals surface area contributed by atoms with Crippen LogP contribution in [0.25, 0.3) is 26.3 Å². The van der Waals surface area contributed by atoms with Crippen LogP contribution in [0.2, 0.25) is 0 Å². The number of aromatic nitrogens is 4. The maximum absolute atomic E-state index is 13.1.